The van der Waals surface area contributed by atoms with Crippen LogP contribution >= 0.6 is 7.81 Å². The second kappa shape index (κ2) is 5.33. The molecule has 0 fully saturated rings. The number of hydrogen-bond donors (Lipinski definition) is 1. The predicted molar refractivity (Wildman–Crippen MR) is 69.4 cm³/mol. The van der Waals surface area contributed by atoms with E-state index in [1.807, 2.05) is 12.5 Å². The van der Waals surface area contributed by atoms with Crippen molar-refractivity contribution in [1.82, 2.24) is 4.98 Å². The van der Waals surface area contributed by atoms with Crippen LogP contribution in [0.15, 0.2) is 49.1 Å². The first kappa shape index (κ1) is 17.5. The SMILES string of the molecule is CCC(c1ccccc1)[n+]1cc[nH]c1.F[P-](F)(F)(F)(F)F. The molecule has 0 saturated carbocycles. The van der Waals surface area contributed by atoms with Crippen molar-refractivity contribution in [2.24, 2.45) is 0 Å². The zero-order valence-electron chi connectivity index (χ0n) is 11.1. The van der Waals surface area contributed by atoms with Gasteiger partial charge in [-0.25, -0.2) is 4.57 Å². The van der Waals surface area contributed by atoms with Gasteiger partial charge in [0.25, 0.3) is 0 Å². The van der Waals surface area contributed by atoms with Crippen molar-refractivity contribution < 1.29 is 29.7 Å². The third-order valence-corrected chi connectivity index (χ3v) is 2.50. The van der Waals surface area contributed by atoms with E-state index in [1.54, 1.807) is 0 Å². The molecule has 1 atom stereocenters. The van der Waals surface area contributed by atoms with E-state index < -0.39 is 7.81 Å². The van der Waals surface area contributed by atoms with Gasteiger partial charge >= 0.3 is 33.0 Å². The number of aromatic nitrogens is 2. The molecule has 0 saturated heterocycles. The number of hydrogen-bond acceptors (Lipinski definition) is 0. The van der Waals surface area contributed by atoms with Crippen LogP contribution in [0, 0.1) is 0 Å². The van der Waals surface area contributed by atoms with Gasteiger partial charge in [-0.15, -0.1) is 0 Å². The van der Waals surface area contributed by atoms with Crippen molar-refractivity contribution in [1.29, 1.82) is 0 Å². The summed E-state index contributed by atoms with van der Waals surface area (Å²) in [6.45, 7) is 2.21. The molecule has 1 unspecified atom stereocenters. The number of nitrogens with zero attached hydrogens (tertiary/aromatic N) is 1. The number of H-pyrrole nitrogens is 1. The Morgan fingerprint density at radius 3 is 1.95 bits per heavy atom. The number of benzene rings is 1. The quantitative estimate of drug-likeness (QED) is 0.424. The summed E-state index contributed by atoms with van der Waals surface area (Å²) in [5.74, 6) is 0. The first-order chi connectivity index (χ1) is 9.36. The second-order valence-electron chi connectivity index (χ2n) is 4.35. The van der Waals surface area contributed by atoms with E-state index in [9.17, 15) is 25.2 Å². The van der Waals surface area contributed by atoms with Crippen LogP contribution in [0.2, 0.25) is 0 Å². The Balaban J connectivity index is 0.000000270. The molecule has 1 aromatic heterocycles. The Morgan fingerprint density at radius 1 is 1.05 bits per heavy atom. The molecule has 1 heterocycles. The molecule has 0 spiro atoms. The zero-order valence-corrected chi connectivity index (χ0v) is 12.0. The molecule has 120 valence electrons. The van der Waals surface area contributed by atoms with Gasteiger partial charge in [0, 0.05) is 0 Å². The second-order valence-corrected chi connectivity index (χ2v) is 6.27. The van der Waals surface area contributed by atoms with E-state index >= 15 is 0 Å². The molecule has 9 heteroatoms. The molecule has 1 N–H and O–H groups in total. The fraction of sp³-hybridized carbons (Fsp3) is 0.250. The standard InChI is InChI=1S/C12H14N2.F6P/c1-2-12(14-9-8-13-10-14)11-6-4-3-5-7-11;1-7(2,3,4,5)6/h3-10,12H,2H2,1H3;/q;-1/p+1. The van der Waals surface area contributed by atoms with Gasteiger partial charge in [-0.3, -0.25) is 4.98 Å². The third-order valence-electron chi connectivity index (χ3n) is 2.50. The normalized spacial score (nSPS) is 16.1. The molecule has 1 aromatic carbocycles. The zero-order chi connectivity index (χ0) is 16.2. The molecule has 0 aliphatic carbocycles. The van der Waals surface area contributed by atoms with Crippen molar-refractivity contribution in [3.8, 4) is 0 Å². The summed E-state index contributed by atoms with van der Waals surface area (Å²) in [7, 11) is -10.7. The van der Waals surface area contributed by atoms with Gasteiger partial charge in [0.2, 0.25) is 6.33 Å². The van der Waals surface area contributed by atoms with Crippen LogP contribution in [0.4, 0.5) is 25.2 Å². The molecule has 0 amide bonds. The molecule has 2 rings (SSSR count). The van der Waals surface area contributed by atoms with Gasteiger partial charge in [0.1, 0.15) is 18.4 Å². The van der Waals surface area contributed by atoms with E-state index in [0.29, 0.717) is 6.04 Å². The van der Waals surface area contributed by atoms with Crippen LogP contribution in [0.1, 0.15) is 24.9 Å². The number of rotatable bonds is 3. The van der Waals surface area contributed by atoms with E-state index in [0.717, 1.165) is 6.42 Å². The molecule has 0 aliphatic rings. The summed E-state index contributed by atoms with van der Waals surface area (Å²) >= 11 is 0. The summed E-state index contributed by atoms with van der Waals surface area (Å²) < 4.78 is 61.4. The Labute approximate surface area is 117 Å². The first-order valence-corrected chi connectivity index (χ1v) is 8.04. The third kappa shape index (κ3) is 9.07. The summed E-state index contributed by atoms with van der Waals surface area (Å²) in [6, 6.07) is 11.0. The summed E-state index contributed by atoms with van der Waals surface area (Å²) in [5, 5.41) is 0. The van der Waals surface area contributed by atoms with Gasteiger partial charge in [-0.1, -0.05) is 37.3 Å². The van der Waals surface area contributed by atoms with Crippen molar-refractivity contribution >= 4 is 7.81 Å². The fourth-order valence-electron chi connectivity index (χ4n) is 1.79. The molecule has 21 heavy (non-hydrogen) atoms. The van der Waals surface area contributed by atoms with E-state index in [2.05, 4.69) is 53.0 Å². The first-order valence-electron chi connectivity index (χ1n) is 6.01. The van der Waals surface area contributed by atoms with Crippen LogP contribution in [0.5, 0.6) is 0 Å². The number of halogens is 6. The molecule has 2 aromatic rings. The Hall–Kier alpha value is -1.56. The molecular weight excluding hydrogens is 317 g/mol. The van der Waals surface area contributed by atoms with Crippen LogP contribution < -0.4 is 4.57 Å². The van der Waals surface area contributed by atoms with Gasteiger partial charge in [-0.2, -0.15) is 0 Å². The fourth-order valence-corrected chi connectivity index (χ4v) is 1.79. The number of imidazole rings is 1. The maximum atomic E-state index is 9.87. The molecule has 2 nitrogen and oxygen atoms in total. The Morgan fingerprint density at radius 2 is 1.57 bits per heavy atom. The predicted octanol–water partition coefficient (Wildman–Crippen LogP) is 5.68. The monoisotopic (exact) mass is 332 g/mol. The van der Waals surface area contributed by atoms with Gasteiger partial charge in [0.15, 0.2) is 0 Å². The topological polar surface area (TPSA) is 19.7 Å². The van der Waals surface area contributed by atoms with Crippen LogP contribution in [0.25, 0.3) is 0 Å². The van der Waals surface area contributed by atoms with Gasteiger partial charge in [0.05, 0.1) is 0 Å². The maximum absolute atomic E-state index is 10.7. The van der Waals surface area contributed by atoms with Crippen molar-refractivity contribution in [3.63, 3.8) is 0 Å². The van der Waals surface area contributed by atoms with Crippen molar-refractivity contribution in [3.05, 3.63) is 54.6 Å². The average molecular weight is 332 g/mol. The van der Waals surface area contributed by atoms with Crippen LogP contribution in [-0.4, -0.2) is 4.98 Å². The summed E-state index contributed by atoms with van der Waals surface area (Å²) in [4.78, 5) is 3.08. The molecular formula is C12H15F6N2P. The summed E-state index contributed by atoms with van der Waals surface area (Å²) in [5.41, 5.74) is 1.36. The molecule has 0 radical (unpaired) electrons. The van der Waals surface area contributed by atoms with Gasteiger partial charge in [-0.05, 0) is 12.0 Å². The van der Waals surface area contributed by atoms with Crippen molar-refractivity contribution in [2.75, 3.05) is 0 Å². The van der Waals surface area contributed by atoms with Crippen LogP contribution in [0.3, 0.4) is 0 Å². The summed E-state index contributed by atoms with van der Waals surface area (Å²) in [6.07, 6.45) is 7.13. The van der Waals surface area contributed by atoms with E-state index in [1.165, 1.54) is 5.56 Å². The molecule has 0 aliphatic heterocycles. The molecule has 0 bridgehead atoms. The van der Waals surface area contributed by atoms with Crippen molar-refractivity contribution in [2.45, 2.75) is 19.4 Å². The van der Waals surface area contributed by atoms with E-state index in [-0.39, 0.29) is 0 Å². The number of nitrogens with one attached hydrogen (secondary N) is 1. The average Bonchev–Trinajstić information content (AvgIpc) is 2.81. The number of aromatic amines is 1. The van der Waals surface area contributed by atoms with Crippen LogP contribution in [-0.2, 0) is 0 Å². The Bertz CT molecular complexity index is 538. The van der Waals surface area contributed by atoms with E-state index in [4.69, 9.17) is 0 Å². The minimum absolute atomic E-state index is 0.447. The Kier molecular flexibility index (Phi) is 4.44. The minimum atomic E-state index is -10.7. The van der Waals surface area contributed by atoms with Gasteiger partial charge < -0.3 is 0 Å².